The van der Waals surface area contributed by atoms with E-state index in [9.17, 15) is 9.59 Å². The first-order chi connectivity index (χ1) is 12.5. The summed E-state index contributed by atoms with van der Waals surface area (Å²) in [7, 11) is 0. The molecule has 0 saturated heterocycles. The zero-order chi connectivity index (χ0) is 19.6. The van der Waals surface area contributed by atoms with Gasteiger partial charge >= 0.3 is 11.9 Å². The summed E-state index contributed by atoms with van der Waals surface area (Å²) in [6.07, 6.45) is 11.7. The normalized spacial score (nSPS) is 13.2. The molecule has 0 rings (SSSR count). The standard InChI is InChI=1S/C22H42O4/c1-5-7-11-19(3)13-9-17-25-21(23)15-16-22(24)26-18-10-14-20(4)12-8-6-2/h19-20H,5-18H2,1-4H3. The first-order valence-electron chi connectivity index (χ1n) is 10.8. The van der Waals surface area contributed by atoms with Crippen LogP contribution in [0, 0.1) is 11.8 Å². The SMILES string of the molecule is CCCCC(C)CCCOC(=O)CCC(=O)OCCCC(C)CCCC. The van der Waals surface area contributed by atoms with Crippen molar-refractivity contribution in [2.75, 3.05) is 13.2 Å². The van der Waals surface area contributed by atoms with Crippen molar-refractivity contribution in [3.05, 3.63) is 0 Å². The predicted octanol–water partition coefficient (Wildman–Crippen LogP) is 6.07. The van der Waals surface area contributed by atoms with Gasteiger partial charge in [0.1, 0.15) is 0 Å². The molecule has 0 amide bonds. The maximum absolute atomic E-state index is 11.7. The highest BCUT2D eigenvalue weighted by Crippen LogP contribution is 2.14. The first-order valence-corrected chi connectivity index (χ1v) is 10.8. The van der Waals surface area contributed by atoms with E-state index in [0.717, 1.165) is 25.7 Å². The summed E-state index contributed by atoms with van der Waals surface area (Å²) in [5, 5.41) is 0. The summed E-state index contributed by atoms with van der Waals surface area (Å²) >= 11 is 0. The van der Waals surface area contributed by atoms with Gasteiger partial charge in [0.2, 0.25) is 0 Å². The molecule has 0 aliphatic rings. The van der Waals surface area contributed by atoms with E-state index >= 15 is 0 Å². The first kappa shape index (κ1) is 24.9. The van der Waals surface area contributed by atoms with Crippen LogP contribution in [0.4, 0.5) is 0 Å². The Balaban J connectivity index is 3.54. The average molecular weight is 371 g/mol. The van der Waals surface area contributed by atoms with Crippen molar-refractivity contribution in [3.8, 4) is 0 Å². The Morgan fingerprint density at radius 2 is 1.00 bits per heavy atom. The topological polar surface area (TPSA) is 52.6 Å². The van der Waals surface area contributed by atoms with Crippen LogP contribution in [0.5, 0.6) is 0 Å². The van der Waals surface area contributed by atoms with Crippen LogP contribution in [0.3, 0.4) is 0 Å². The largest absolute Gasteiger partial charge is 0.466 e. The summed E-state index contributed by atoms with van der Waals surface area (Å²) in [4.78, 5) is 23.3. The van der Waals surface area contributed by atoms with Gasteiger partial charge in [-0.2, -0.15) is 0 Å². The Morgan fingerprint density at radius 1 is 0.654 bits per heavy atom. The minimum atomic E-state index is -0.295. The van der Waals surface area contributed by atoms with E-state index in [2.05, 4.69) is 27.7 Å². The van der Waals surface area contributed by atoms with Crippen molar-refractivity contribution in [2.24, 2.45) is 11.8 Å². The van der Waals surface area contributed by atoms with E-state index < -0.39 is 0 Å². The van der Waals surface area contributed by atoms with Crippen molar-refractivity contribution < 1.29 is 19.1 Å². The molecular formula is C22H42O4. The minimum absolute atomic E-state index is 0.122. The van der Waals surface area contributed by atoms with Gasteiger partial charge in [-0.25, -0.2) is 0 Å². The number of carbonyl (C=O) groups excluding carboxylic acids is 2. The third kappa shape index (κ3) is 16.4. The van der Waals surface area contributed by atoms with Crippen molar-refractivity contribution in [1.29, 1.82) is 0 Å². The molecule has 0 radical (unpaired) electrons. The molecular weight excluding hydrogens is 328 g/mol. The lowest BCUT2D eigenvalue weighted by Crippen LogP contribution is -2.12. The molecule has 26 heavy (non-hydrogen) atoms. The third-order valence-corrected chi connectivity index (χ3v) is 4.84. The van der Waals surface area contributed by atoms with E-state index in [4.69, 9.17) is 9.47 Å². The fourth-order valence-corrected chi connectivity index (χ4v) is 2.98. The van der Waals surface area contributed by atoms with E-state index in [1.807, 2.05) is 0 Å². The van der Waals surface area contributed by atoms with Crippen LogP contribution < -0.4 is 0 Å². The quantitative estimate of drug-likeness (QED) is 0.230. The molecule has 4 heteroatoms. The van der Waals surface area contributed by atoms with Crippen LogP contribution >= 0.6 is 0 Å². The van der Waals surface area contributed by atoms with Crippen LogP contribution in [-0.2, 0) is 19.1 Å². The second-order valence-electron chi connectivity index (χ2n) is 7.72. The Hall–Kier alpha value is -1.06. The van der Waals surface area contributed by atoms with Gasteiger partial charge in [0.05, 0.1) is 26.1 Å². The lowest BCUT2D eigenvalue weighted by molar-refractivity contribution is -0.150. The number of unbranched alkanes of at least 4 members (excludes halogenated alkanes) is 2. The zero-order valence-corrected chi connectivity index (χ0v) is 17.7. The monoisotopic (exact) mass is 370 g/mol. The lowest BCUT2D eigenvalue weighted by Gasteiger charge is -2.11. The van der Waals surface area contributed by atoms with Crippen LogP contribution in [-0.4, -0.2) is 25.2 Å². The Kier molecular flexibility index (Phi) is 16.7. The molecule has 0 heterocycles. The second kappa shape index (κ2) is 17.4. The highest BCUT2D eigenvalue weighted by atomic mass is 16.5. The Labute approximate surface area is 161 Å². The van der Waals surface area contributed by atoms with Gasteiger partial charge in [0.25, 0.3) is 0 Å². The number of hydrogen-bond acceptors (Lipinski definition) is 4. The van der Waals surface area contributed by atoms with E-state index in [-0.39, 0.29) is 24.8 Å². The van der Waals surface area contributed by atoms with Gasteiger partial charge in [-0.05, 0) is 37.5 Å². The highest BCUT2D eigenvalue weighted by molar-refractivity contribution is 5.77. The highest BCUT2D eigenvalue weighted by Gasteiger charge is 2.10. The molecule has 154 valence electrons. The molecule has 0 aromatic carbocycles. The van der Waals surface area contributed by atoms with Gasteiger partial charge in [0, 0.05) is 0 Å². The fraction of sp³-hybridized carbons (Fsp3) is 0.909. The molecule has 0 bridgehead atoms. The Bertz CT molecular complexity index is 320. The maximum Gasteiger partial charge on any atom is 0.306 e. The van der Waals surface area contributed by atoms with E-state index in [1.165, 1.54) is 38.5 Å². The smallest absolute Gasteiger partial charge is 0.306 e. The molecule has 0 aromatic heterocycles. The number of carbonyl (C=O) groups is 2. The molecule has 2 unspecified atom stereocenters. The lowest BCUT2D eigenvalue weighted by atomic mass is 9.99. The summed E-state index contributed by atoms with van der Waals surface area (Å²) < 4.78 is 10.4. The van der Waals surface area contributed by atoms with Crippen LogP contribution in [0.15, 0.2) is 0 Å². The Morgan fingerprint density at radius 3 is 1.35 bits per heavy atom. The number of esters is 2. The third-order valence-electron chi connectivity index (χ3n) is 4.84. The second-order valence-corrected chi connectivity index (χ2v) is 7.72. The molecule has 0 saturated carbocycles. The van der Waals surface area contributed by atoms with Gasteiger partial charge in [-0.15, -0.1) is 0 Å². The van der Waals surface area contributed by atoms with Crippen molar-refractivity contribution in [2.45, 2.75) is 105 Å². The van der Waals surface area contributed by atoms with E-state index in [1.54, 1.807) is 0 Å². The molecule has 0 spiro atoms. The molecule has 4 nitrogen and oxygen atoms in total. The summed E-state index contributed by atoms with van der Waals surface area (Å²) in [6.45, 7) is 9.82. The fourth-order valence-electron chi connectivity index (χ4n) is 2.98. The van der Waals surface area contributed by atoms with Gasteiger partial charge in [0.15, 0.2) is 0 Å². The number of rotatable bonds is 17. The molecule has 0 fully saturated rings. The summed E-state index contributed by atoms with van der Waals surface area (Å²) in [6, 6.07) is 0. The van der Waals surface area contributed by atoms with Gasteiger partial charge < -0.3 is 9.47 Å². The molecule has 0 N–H and O–H groups in total. The van der Waals surface area contributed by atoms with Crippen molar-refractivity contribution >= 4 is 11.9 Å². The van der Waals surface area contributed by atoms with E-state index in [0.29, 0.717) is 25.0 Å². The van der Waals surface area contributed by atoms with Crippen LogP contribution in [0.25, 0.3) is 0 Å². The zero-order valence-electron chi connectivity index (χ0n) is 17.7. The maximum atomic E-state index is 11.7. The van der Waals surface area contributed by atoms with Crippen molar-refractivity contribution in [1.82, 2.24) is 0 Å². The molecule has 0 aromatic rings. The van der Waals surface area contributed by atoms with Gasteiger partial charge in [-0.3, -0.25) is 9.59 Å². The summed E-state index contributed by atoms with van der Waals surface area (Å²) in [5.74, 6) is 0.786. The molecule has 2 atom stereocenters. The predicted molar refractivity (Wildman–Crippen MR) is 107 cm³/mol. The van der Waals surface area contributed by atoms with Crippen LogP contribution in [0.2, 0.25) is 0 Å². The van der Waals surface area contributed by atoms with Crippen LogP contribution in [0.1, 0.15) is 105 Å². The number of hydrogen-bond donors (Lipinski definition) is 0. The number of ether oxygens (including phenoxy) is 2. The molecule has 0 aliphatic heterocycles. The minimum Gasteiger partial charge on any atom is -0.466 e. The molecule has 0 aliphatic carbocycles. The summed E-state index contributed by atoms with van der Waals surface area (Å²) in [5.41, 5.74) is 0. The van der Waals surface area contributed by atoms with Crippen molar-refractivity contribution in [3.63, 3.8) is 0 Å². The van der Waals surface area contributed by atoms with Gasteiger partial charge in [-0.1, -0.05) is 66.2 Å². The average Bonchev–Trinajstić information content (AvgIpc) is 2.63.